The van der Waals surface area contributed by atoms with Crippen LogP contribution in [-0.4, -0.2) is 0 Å². The molecule has 14 heavy (non-hydrogen) atoms. The van der Waals surface area contributed by atoms with Crippen molar-refractivity contribution < 1.29 is 0 Å². The largest absolute Gasteiger partial charge is 0.387 e. The monoisotopic (exact) mass is 207 g/mol. The third kappa shape index (κ3) is 1.53. The van der Waals surface area contributed by atoms with Crippen molar-refractivity contribution in [3.05, 3.63) is 40.5 Å². The lowest BCUT2D eigenvalue weighted by molar-refractivity contribution is 0.791. The normalized spacial score (nSPS) is 14.7. The number of halogens is 1. The number of allylic oxidation sites excluding steroid dienone is 1. The Bertz CT molecular complexity index is 380. The summed E-state index contributed by atoms with van der Waals surface area (Å²) in [7, 11) is 0. The van der Waals surface area contributed by atoms with Crippen molar-refractivity contribution >= 4 is 17.2 Å². The topological polar surface area (TPSA) is 12.0 Å². The lowest BCUT2D eigenvalue weighted by Gasteiger charge is -2.22. The van der Waals surface area contributed by atoms with E-state index in [-0.39, 0.29) is 0 Å². The van der Waals surface area contributed by atoms with Gasteiger partial charge < -0.3 is 5.32 Å². The molecular formula is C12H14ClN. The van der Waals surface area contributed by atoms with Gasteiger partial charge in [-0.25, -0.2) is 0 Å². The summed E-state index contributed by atoms with van der Waals surface area (Å²) in [4.78, 5) is 0. The molecule has 0 amide bonds. The Morgan fingerprint density at radius 3 is 2.86 bits per heavy atom. The van der Waals surface area contributed by atoms with Crippen LogP contribution in [0.1, 0.15) is 25.0 Å². The number of benzene rings is 1. The van der Waals surface area contributed by atoms with Gasteiger partial charge >= 0.3 is 0 Å². The molecule has 0 spiro atoms. The van der Waals surface area contributed by atoms with Gasteiger partial charge in [-0.15, -0.1) is 0 Å². The van der Waals surface area contributed by atoms with Crippen molar-refractivity contribution in [1.82, 2.24) is 5.32 Å². The molecule has 1 aliphatic rings. The van der Waals surface area contributed by atoms with Gasteiger partial charge in [-0.2, -0.15) is 0 Å². The van der Waals surface area contributed by atoms with E-state index < -0.39 is 0 Å². The van der Waals surface area contributed by atoms with Gasteiger partial charge in [0.1, 0.15) is 0 Å². The van der Waals surface area contributed by atoms with Crippen molar-refractivity contribution in [3.8, 4) is 0 Å². The van der Waals surface area contributed by atoms with Crippen LogP contribution < -0.4 is 5.32 Å². The molecule has 2 rings (SSSR count). The summed E-state index contributed by atoms with van der Waals surface area (Å²) in [5, 5.41) is 4.14. The highest BCUT2D eigenvalue weighted by Crippen LogP contribution is 2.33. The maximum absolute atomic E-state index is 6.21. The molecule has 0 atom stereocenters. The van der Waals surface area contributed by atoms with Crippen LogP contribution in [0.4, 0.5) is 0 Å². The average molecular weight is 208 g/mol. The predicted molar refractivity (Wildman–Crippen MR) is 61.1 cm³/mol. The molecule has 1 N–H and O–H groups in total. The van der Waals surface area contributed by atoms with Crippen LogP contribution in [0.3, 0.4) is 0 Å². The van der Waals surface area contributed by atoms with E-state index in [0.717, 1.165) is 11.6 Å². The fraction of sp³-hybridized carbons (Fsp3) is 0.333. The maximum Gasteiger partial charge on any atom is 0.0485 e. The van der Waals surface area contributed by atoms with E-state index in [1.165, 1.54) is 16.7 Å². The van der Waals surface area contributed by atoms with Gasteiger partial charge in [-0.3, -0.25) is 0 Å². The number of nitrogens with one attached hydrogen (secondary N) is 1. The van der Waals surface area contributed by atoms with E-state index in [0.29, 0.717) is 5.92 Å². The van der Waals surface area contributed by atoms with Crippen LogP contribution >= 0.6 is 11.6 Å². The van der Waals surface area contributed by atoms with E-state index >= 15 is 0 Å². The molecule has 1 aliphatic heterocycles. The minimum atomic E-state index is 0.501. The number of rotatable bonds is 1. The fourth-order valence-corrected chi connectivity index (χ4v) is 2.14. The number of fused-ring (bicyclic) bond motifs is 1. The zero-order valence-electron chi connectivity index (χ0n) is 8.47. The van der Waals surface area contributed by atoms with Gasteiger partial charge in [-0.1, -0.05) is 37.6 Å². The SMILES string of the molecule is CC(C)C1=CNCc2cccc(Cl)c21. The third-order valence-electron chi connectivity index (χ3n) is 2.56. The molecule has 74 valence electrons. The summed E-state index contributed by atoms with van der Waals surface area (Å²) in [5.41, 5.74) is 3.82. The standard InChI is InChI=1S/C12H14ClN/c1-8(2)10-7-14-6-9-4-3-5-11(13)12(9)10/h3-5,7-8,14H,6H2,1-2H3. The molecular weight excluding hydrogens is 194 g/mol. The van der Waals surface area contributed by atoms with Crippen molar-refractivity contribution in [2.24, 2.45) is 5.92 Å². The van der Waals surface area contributed by atoms with Gasteiger partial charge in [0, 0.05) is 23.3 Å². The molecule has 1 nitrogen and oxygen atoms in total. The molecule has 1 aromatic rings. The van der Waals surface area contributed by atoms with E-state index in [9.17, 15) is 0 Å². The van der Waals surface area contributed by atoms with Gasteiger partial charge in [-0.05, 0) is 23.1 Å². The Labute approximate surface area is 89.8 Å². The van der Waals surface area contributed by atoms with Crippen LogP contribution in [0.5, 0.6) is 0 Å². The summed E-state index contributed by atoms with van der Waals surface area (Å²) in [5.74, 6) is 0.501. The molecule has 0 unspecified atom stereocenters. The van der Waals surface area contributed by atoms with Gasteiger partial charge in [0.2, 0.25) is 0 Å². The molecule has 0 saturated carbocycles. The molecule has 1 heterocycles. The van der Waals surface area contributed by atoms with Crippen molar-refractivity contribution in [1.29, 1.82) is 0 Å². The quantitative estimate of drug-likeness (QED) is 0.744. The highest BCUT2D eigenvalue weighted by molar-refractivity contribution is 6.32. The average Bonchev–Trinajstić information content (AvgIpc) is 2.17. The van der Waals surface area contributed by atoms with Crippen LogP contribution in [0.15, 0.2) is 24.4 Å². The predicted octanol–water partition coefficient (Wildman–Crippen LogP) is 3.44. The minimum Gasteiger partial charge on any atom is -0.387 e. The summed E-state index contributed by atoms with van der Waals surface area (Å²) in [6.07, 6.45) is 2.08. The van der Waals surface area contributed by atoms with E-state index in [1.54, 1.807) is 0 Å². The van der Waals surface area contributed by atoms with E-state index in [1.807, 2.05) is 12.1 Å². The summed E-state index contributed by atoms with van der Waals surface area (Å²) in [6, 6.07) is 6.09. The number of hydrogen-bond donors (Lipinski definition) is 1. The third-order valence-corrected chi connectivity index (χ3v) is 2.88. The minimum absolute atomic E-state index is 0.501. The highest BCUT2D eigenvalue weighted by atomic mass is 35.5. The smallest absolute Gasteiger partial charge is 0.0485 e. The molecule has 0 fully saturated rings. The molecule has 2 heteroatoms. The van der Waals surface area contributed by atoms with Crippen LogP contribution in [-0.2, 0) is 6.54 Å². The second kappa shape index (κ2) is 3.66. The zero-order chi connectivity index (χ0) is 10.1. The lowest BCUT2D eigenvalue weighted by Crippen LogP contribution is -2.16. The Kier molecular flexibility index (Phi) is 2.51. The van der Waals surface area contributed by atoms with E-state index in [2.05, 4.69) is 31.4 Å². The molecule has 0 radical (unpaired) electrons. The summed E-state index contributed by atoms with van der Waals surface area (Å²) in [6.45, 7) is 5.25. The Balaban J connectivity index is 2.56. The lowest BCUT2D eigenvalue weighted by atomic mass is 9.90. The molecule has 0 saturated heterocycles. The Morgan fingerprint density at radius 1 is 1.36 bits per heavy atom. The zero-order valence-corrected chi connectivity index (χ0v) is 9.23. The molecule has 0 bridgehead atoms. The first-order valence-corrected chi connectivity index (χ1v) is 5.29. The van der Waals surface area contributed by atoms with E-state index in [4.69, 9.17) is 11.6 Å². The fourth-order valence-electron chi connectivity index (χ4n) is 1.84. The van der Waals surface area contributed by atoms with Gasteiger partial charge in [0.15, 0.2) is 0 Å². The summed E-state index contributed by atoms with van der Waals surface area (Å²) >= 11 is 6.21. The Hall–Kier alpha value is -0.950. The van der Waals surface area contributed by atoms with Crippen LogP contribution in [0.2, 0.25) is 5.02 Å². The van der Waals surface area contributed by atoms with Gasteiger partial charge in [0.25, 0.3) is 0 Å². The second-order valence-electron chi connectivity index (χ2n) is 3.91. The van der Waals surface area contributed by atoms with Crippen molar-refractivity contribution in [2.45, 2.75) is 20.4 Å². The van der Waals surface area contributed by atoms with Crippen molar-refractivity contribution in [2.75, 3.05) is 0 Å². The van der Waals surface area contributed by atoms with Crippen molar-refractivity contribution in [3.63, 3.8) is 0 Å². The summed E-state index contributed by atoms with van der Waals surface area (Å²) < 4.78 is 0. The first kappa shape index (κ1) is 9.60. The molecule has 1 aromatic carbocycles. The van der Waals surface area contributed by atoms with Crippen LogP contribution in [0, 0.1) is 5.92 Å². The second-order valence-corrected chi connectivity index (χ2v) is 4.32. The maximum atomic E-state index is 6.21. The number of hydrogen-bond acceptors (Lipinski definition) is 1. The highest BCUT2D eigenvalue weighted by Gasteiger charge is 2.17. The first-order chi connectivity index (χ1) is 6.70. The van der Waals surface area contributed by atoms with Gasteiger partial charge in [0.05, 0.1) is 0 Å². The molecule has 0 aliphatic carbocycles. The van der Waals surface area contributed by atoms with Crippen LogP contribution in [0.25, 0.3) is 5.57 Å². The Morgan fingerprint density at radius 2 is 2.14 bits per heavy atom. The first-order valence-electron chi connectivity index (χ1n) is 4.91. The molecule has 0 aromatic heterocycles.